The second-order valence-electron chi connectivity index (χ2n) is 6.09. The fraction of sp³-hybridized carbons (Fsp3) is 0.211. The van der Waals surface area contributed by atoms with Crippen LogP contribution in [0.2, 0.25) is 0 Å². The molecule has 9 heteroatoms. The Morgan fingerprint density at radius 1 is 1.07 bits per heavy atom. The van der Waals surface area contributed by atoms with Crippen molar-refractivity contribution in [3.8, 4) is 0 Å². The van der Waals surface area contributed by atoms with E-state index in [0.717, 1.165) is 0 Å². The maximum Gasteiger partial charge on any atom is 0.337 e. The topological polar surface area (TPSA) is 102 Å². The minimum Gasteiger partial charge on any atom is -0.465 e. The number of benzene rings is 2. The normalized spacial score (nSPS) is 14.0. The van der Waals surface area contributed by atoms with Crippen LogP contribution in [0.3, 0.4) is 0 Å². The van der Waals surface area contributed by atoms with Crippen molar-refractivity contribution in [3.05, 3.63) is 65.2 Å². The van der Waals surface area contributed by atoms with Gasteiger partial charge in [0, 0.05) is 12.6 Å². The van der Waals surface area contributed by atoms with Crippen molar-refractivity contribution in [2.75, 3.05) is 20.7 Å². The molecule has 0 aromatic heterocycles. The summed E-state index contributed by atoms with van der Waals surface area (Å²) in [7, 11) is -0.877. The Kier molecular flexibility index (Phi) is 5.46. The van der Waals surface area contributed by atoms with Gasteiger partial charge in [-0.1, -0.05) is 24.3 Å². The van der Waals surface area contributed by atoms with Crippen LogP contribution in [-0.2, 0) is 30.9 Å². The van der Waals surface area contributed by atoms with Crippen molar-refractivity contribution in [1.82, 2.24) is 4.90 Å². The van der Waals surface area contributed by atoms with E-state index in [9.17, 15) is 18.0 Å². The summed E-state index contributed by atoms with van der Waals surface area (Å²) in [5.41, 5.74) is 1.56. The highest BCUT2D eigenvalue weighted by Crippen LogP contribution is 2.26. The van der Waals surface area contributed by atoms with Crippen LogP contribution >= 0.6 is 0 Å². The molecule has 0 unspecified atom stereocenters. The van der Waals surface area contributed by atoms with E-state index in [-0.39, 0.29) is 23.9 Å². The number of rotatable bonds is 5. The number of methoxy groups -OCH3 is 1. The van der Waals surface area contributed by atoms with E-state index in [0.29, 0.717) is 16.7 Å². The van der Waals surface area contributed by atoms with Gasteiger partial charge in [0.25, 0.3) is 10.0 Å². The molecule has 0 spiro atoms. The third-order valence-electron chi connectivity index (χ3n) is 4.12. The third-order valence-corrected chi connectivity index (χ3v) is 5.44. The standard InChI is InChI=1S/C19H18N2O6S/c1-21(18-15-5-3-4-6-16(15)28(24,25)20-18)11-17(22)27-12-13-7-9-14(10-8-13)19(23)26-2/h3-10H,11-12H2,1-2H3. The average Bonchev–Trinajstić information content (AvgIpc) is 2.98. The van der Waals surface area contributed by atoms with Gasteiger partial charge in [-0.15, -0.1) is 4.40 Å². The Morgan fingerprint density at radius 2 is 1.75 bits per heavy atom. The van der Waals surface area contributed by atoms with E-state index < -0.39 is 22.0 Å². The number of sulfonamides is 1. The number of amidine groups is 1. The van der Waals surface area contributed by atoms with Gasteiger partial charge in [-0.25, -0.2) is 4.79 Å². The first-order valence-electron chi connectivity index (χ1n) is 8.30. The second kappa shape index (κ2) is 7.81. The Hall–Kier alpha value is -3.20. The van der Waals surface area contributed by atoms with Crippen molar-refractivity contribution in [1.29, 1.82) is 0 Å². The molecule has 0 fully saturated rings. The minimum absolute atomic E-state index is 0.0233. The first-order valence-corrected chi connectivity index (χ1v) is 9.74. The predicted octanol–water partition coefficient (Wildman–Crippen LogP) is 1.60. The molecule has 1 aliphatic heterocycles. The van der Waals surface area contributed by atoms with Gasteiger partial charge in [-0.2, -0.15) is 8.42 Å². The Labute approximate surface area is 162 Å². The summed E-state index contributed by atoms with van der Waals surface area (Å²) in [4.78, 5) is 25.1. The van der Waals surface area contributed by atoms with Gasteiger partial charge in [0.1, 0.15) is 18.0 Å². The minimum atomic E-state index is -3.75. The Balaban J connectivity index is 1.60. The van der Waals surface area contributed by atoms with Gasteiger partial charge in [0.2, 0.25) is 0 Å². The molecule has 0 saturated carbocycles. The molecule has 2 aromatic rings. The molecule has 0 radical (unpaired) electrons. The summed E-state index contributed by atoms with van der Waals surface area (Å²) in [6.07, 6.45) is 0. The summed E-state index contributed by atoms with van der Waals surface area (Å²) >= 11 is 0. The molecule has 146 valence electrons. The second-order valence-corrected chi connectivity index (χ2v) is 7.66. The van der Waals surface area contributed by atoms with Crippen molar-refractivity contribution in [2.24, 2.45) is 4.40 Å². The average molecular weight is 402 g/mol. The highest BCUT2D eigenvalue weighted by Gasteiger charge is 2.31. The van der Waals surface area contributed by atoms with Crippen LogP contribution in [0.5, 0.6) is 0 Å². The molecule has 1 aliphatic rings. The van der Waals surface area contributed by atoms with E-state index in [1.54, 1.807) is 49.5 Å². The predicted molar refractivity (Wildman–Crippen MR) is 100 cm³/mol. The van der Waals surface area contributed by atoms with Gasteiger partial charge >= 0.3 is 11.9 Å². The summed E-state index contributed by atoms with van der Waals surface area (Å²) in [5, 5.41) is 0. The van der Waals surface area contributed by atoms with Crippen molar-refractivity contribution < 1.29 is 27.5 Å². The van der Waals surface area contributed by atoms with Gasteiger partial charge in [0.15, 0.2) is 5.84 Å². The molecule has 28 heavy (non-hydrogen) atoms. The van der Waals surface area contributed by atoms with E-state index in [4.69, 9.17) is 4.74 Å². The van der Waals surface area contributed by atoms with Gasteiger partial charge < -0.3 is 14.4 Å². The number of ether oxygens (including phenoxy) is 2. The van der Waals surface area contributed by atoms with Crippen LogP contribution in [0.4, 0.5) is 0 Å². The van der Waals surface area contributed by atoms with Crippen LogP contribution < -0.4 is 0 Å². The molecule has 8 nitrogen and oxygen atoms in total. The molecule has 0 atom stereocenters. The largest absolute Gasteiger partial charge is 0.465 e. The number of esters is 2. The number of nitrogens with zero attached hydrogens (tertiary/aromatic N) is 2. The van der Waals surface area contributed by atoms with Crippen LogP contribution in [0, 0.1) is 0 Å². The molecule has 0 saturated heterocycles. The summed E-state index contributed by atoms with van der Waals surface area (Å²) in [5.74, 6) is -0.781. The first kappa shape index (κ1) is 19.6. The van der Waals surface area contributed by atoms with E-state index >= 15 is 0 Å². The van der Waals surface area contributed by atoms with Crippen LogP contribution in [-0.4, -0.2) is 51.8 Å². The number of carbonyl (C=O) groups is 2. The lowest BCUT2D eigenvalue weighted by molar-refractivity contribution is -0.145. The quantitative estimate of drug-likeness (QED) is 0.700. The van der Waals surface area contributed by atoms with Gasteiger partial charge in [-0.3, -0.25) is 4.79 Å². The monoisotopic (exact) mass is 402 g/mol. The van der Waals surface area contributed by atoms with E-state index in [2.05, 4.69) is 9.13 Å². The van der Waals surface area contributed by atoms with Crippen molar-refractivity contribution >= 4 is 27.8 Å². The molecular formula is C19H18N2O6S. The summed E-state index contributed by atoms with van der Waals surface area (Å²) < 4.78 is 37.8. The molecule has 3 rings (SSSR count). The lowest BCUT2D eigenvalue weighted by Gasteiger charge is -2.18. The number of hydrogen-bond donors (Lipinski definition) is 0. The number of fused-ring (bicyclic) bond motifs is 1. The summed E-state index contributed by atoms with van der Waals surface area (Å²) in [6.45, 7) is -0.140. The van der Waals surface area contributed by atoms with Gasteiger partial charge in [-0.05, 0) is 29.8 Å². The van der Waals surface area contributed by atoms with Crippen LogP contribution in [0.25, 0.3) is 0 Å². The molecule has 0 N–H and O–H groups in total. The van der Waals surface area contributed by atoms with E-state index in [1.165, 1.54) is 18.1 Å². The fourth-order valence-corrected chi connectivity index (χ4v) is 3.95. The highest BCUT2D eigenvalue weighted by atomic mass is 32.2. The van der Waals surface area contributed by atoms with E-state index in [1.807, 2.05) is 0 Å². The van der Waals surface area contributed by atoms with Crippen LogP contribution in [0.1, 0.15) is 21.5 Å². The number of hydrogen-bond acceptors (Lipinski definition) is 7. The SMILES string of the molecule is COC(=O)c1ccc(COC(=O)CN(C)C2=NS(=O)(=O)c3ccccc32)cc1. The lowest BCUT2D eigenvalue weighted by Crippen LogP contribution is -2.32. The highest BCUT2D eigenvalue weighted by molar-refractivity contribution is 7.90. The Bertz CT molecular complexity index is 1040. The molecule has 0 aliphatic carbocycles. The first-order chi connectivity index (χ1) is 13.3. The summed E-state index contributed by atoms with van der Waals surface area (Å²) in [6, 6.07) is 12.9. The maximum absolute atomic E-state index is 12.1. The fourth-order valence-electron chi connectivity index (χ4n) is 2.70. The van der Waals surface area contributed by atoms with Gasteiger partial charge in [0.05, 0.1) is 12.7 Å². The Morgan fingerprint density at radius 3 is 2.43 bits per heavy atom. The zero-order valence-electron chi connectivity index (χ0n) is 15.3. The zero-order chi connectivity index (χ0) is 20.3. The molecule has 0 bridgehead atoms. The molecular weight excluding hydrogens is 384 g/mol. The maximum atomic E-state index is 12.1. The van der Waals surface area contributed by atoms with Crippen molar-refractivity contribution in [3.63, 3.8) is 0 Å². The van der Waals surface area contributed by atoms with Crippen molar-refractivity contribution in [2.45, 2.75) is 11.5 Å². The molecule has 0 amide bonds. The molecule has 2 aromatic carbocycles. The third kappa shape index (κ3) is 4.04. The number of carbonyl (C=O) groups excluding carboxylic acids is 2. The van der Waals surface area contributed by atoms with Crippen LogP contribution in [0.15, 0.2) is 57.8 Å². The number of likely N-dealkylation sites (N-methyl/N-ethyl adjacent to an activating group) is 1. The zero-order valence-corrected chi connectivity index (χ0v) is 16.1. The molecule has 1 heterocycles. The smallest absolute Gasteiger partial charge is 0.337 e. The lowest BCUT2D eigenvalue weighted by atomic mass is 10.1.